The zero-order valence-electron chi connectivity index (χ0n) is 7.60. The van der Waals surface area contributed by atoms with Gasteiger partial charge >= 0.3 is 0 Å². The molecule has 0 saturated carbocycles. The minimum absolute atomic E-state index is 0.000772. The van der Waals surface area contributed by atoms with Crippen molar-refractivity contribution in [2.45, 2.75) is 25.8 Å². The van der Waals surface area contributed by atoms with Crippen molar-refractivity contribution in [2.24, 2.45) is 0 Å². The van der Waals surface area contributed by atoms with Gasteiger partial charge in [0.15, 0.2) is 0 Å². The summed E-state index contributed by atoms with van der Waals surface area (Å²) in [6.07, 6.45) is -2.66. The molecule has 0 atom stereocenters. The Morgan fingerprint density at radius 2 is 2.21 bits per heavy atom. The normalized spacial score (nSPS) is 11.0. The zero-order chi connectivity index (χ0) is 10.7. The molecule has 0 bridgehead atoms. The predicted octanol–water partition coefficient (Wildman–Crippen LogP) is 2.56. The molecule has 5 heteroatoms. The van der Waals surface area contributed by atoms with Crippen molar-refractivity contribution in [1.29, 1.82) is 0 Å². The first-order valence-corrected chi connectivity index (χ1v) is 4.57. The van der Waals surface area contributed by atoms with E-state index >= 15 is 0 Å². The third-order valence-corrected chi connectivity index (χ3v) is 2.22. The molecule has 1 aromatic heterocycles. The molecule has 0 aliphatic carbocycles. The molecule has 0 unspecified atom stereocenters. The van der Waals surface area contributed by atoms with Crippen molar-refractivity contribution in [3.8, 4) is 0 Å². The number of nitrogens with zero attached hydrogens (tertiary/aromatic N) is 1. The Labute approximate surface area is 85.5 Å². The molecule has 1 heterocycles. The van der Waals surface area contributed by atoms with Crippen LogP contribution in [0.3, 0.4) is 0 Å². The van der Waals surface area contributed by atoms with Gasteiger partial charge in [-0.25, -0.2) is 13.8 Å². The summed E-state index contributed by atoms with van der Waals surface area (Å²) in [5.74, 6) is -0.000772. The molecule has 0 aliphatic heterocycles. The van der Waals surface area contributed by atoms with Crippen LogP contribution in [0.15, 0.2) is 6.07 Å². The van der Waals surface area contributed by atoms with E-state index in [4.69, 9.17) is 16.7 Å². The average molecular weight is 222 g/mol. The van der Waals surface area contributed by atoms with Gasteiger partial charge in [-0.3, -0.25) is 0 Å². The Morgan fingerprint density at radius 1 is 1.57 bits per heavy atom. The fourth-order valence-electron chi connectivity index (χ4n) is 1.18. The number of hydrogen-bond acceptors (Lipinski definition) is 2. The zero-order valence-corrected chi connectivity index (χ0v) is 8.35. The van der Waals surface area contributed by atoms with Crippen molar-refractivity contribution in [2.75, 3.05) is 0 Å². The van der Waals surface area contributed by atoms with Gasteiger partial charge in [0.1, 0.15) is 5.69 Å². The largest absolute Gasteiger partial charge is 0.390 e. The lowest BCUT2D eigenvalue weighted by Gasteiger charge is -2.09. The number of pyridine rings is 1. The summed E-state index contributed by atoms with van der Waals surface area (Å²) in [7, 11) is 0. The second-order valence-electron chi connectivity index (χ2n) is 2.89. The second kappa shape index (κ2) is 4.66. The molecule has 0 fully saturated rings. The average Bonchev–Trinajstić information content (AvgIpc) is 2.16. The standard InChI is InChI=1S/C9H10ClF2NO/c1-5-2-6(3-10)8(9(11)12)13-7(5)4-14/h2,9,14H,3-4H2,1H3. The van der Waals surface area contributed by atoms with E-state index in [0.29, 0.717) is 11.1 Å². The lowest BCUT2D eigenvalue weighted by Crippen LogP contribution is -2.03. The van der Waals surface area contributed by atoms with Gasteiger partial charge in [-0.15, -0.1) is 11.6 Å². The summed E-state index contributed by atoms with van der Waals surface area (Å²) in [6, 6.07) is 1.53. The SMILES string of the molecule is Cc1cc(CCl)c(C(F)F)nc1CO. The van der Waals surface area contributed by atoms with E-state index < -0.39 is 6.43 Å². The second-order valence-corrected chi connectivity index (χ2v) is 3.16. The van der Waals surface area contributed by atoms with E-state index in [-0.39, 0.29) is 23.9 Å². The van der Waals surface area contributed by atoms with Crippen LogP contribution < -0.4 is 0 Å². The number of aliphatic hydroxyl groups is 1. The fourth-order valence-corrected chi connectivity index (χ4v) is 1.39. The van der Waals surface area contributed by atoms with Crippen molar-refractivity contribution < 1.29 is 13.9 Å². The first kappa shape index (κ1) is 11.3. The summed E-state index contributed by atoms with van der Waals surface area (Å²) in [6.45, 7) is 1.36. The summed E-state index contributed by atoms with van der Waals surface area (Å²) in [4.78, 5) is 3.68. The van der Waals surface area contributed by atoms with Gasteiger partial charge in [0.25, 0.3) is 6.43 Å². The van der Waals surface area contributed by atoms with Crippen molar-refractivity contribution in [3.05, 3.63) is 28.6 Å². The van der Waals surface area contributed by atoms with Gasteiger partial charge in [-0.1, -0.05) is 6.07 Å². The first-order chi connectivity index (χ1) is 6.60. The quantitative estimate of drug-likeness (QED) is 0.796. The Bertz CT molecular complexity index is 331. The Morgan fingerprint density at radius 3 is 2.64 bits per heavy atom. The van der Waals surface area contributed by atoms with Gasteiger partial charge in [-0.2, -0.15) is 0 Å². The molecular formula is C9H10ClF2NO. The number of aliphatic hydroxyl groups excluding tert-OH is 1. The highest BCUT2D eigenvalue weighted by molar-refractivity contribution is 6.17. The maximum atomic E-state index is 12.5. The molecule has 1 aromatic rings. The molecule has 0 amide bonds. The number of alkyl halides is 3. The van der Waals surface area contributed by atoms with Gasteiger partial charge < -0.3 is 5.11 Å². The number of hydrogen-bond donors (Lipinski definition) is 1. The molecule has 78 valence electrons. The van der Waals surface area contributed by atoms with E-state index in [2.05, 4.69) is 4.98 Å². The smallest absolute Gasteiger partial charge is 0.280 e. The van der Waals surface area contributed by atoms with E-state index in [9.17, 15) is 8.78 Å². The van der Waals surface area contributed by atoms with E-state index in [1.165, 1.54) is 6.07 Å². The van der Waals surface area contributed by atoms with Crippen LogP contribution >= 0.6 is 11.6 Å². The highest BCUT2D eigenvalue weighted by Gasteiger charge is 2.16. The van der Waals surface area contributed by atoms with E-state index in [1.807, 2.05) is 0 Å². The van der Waals surface area contributed by atoms with Gasteiger partial charge in [0, 0.05) is 5.88 Å². The molecule has 1 rings (SSSR count). The van der Waals surface area contributed by atoms with Crippen LogP contribution in [0, 0.1) is 6.92 Å². The van der Waals surface area contributed by atoms with Crippen LogP contribution in [0.1, 0.15) is 28.9 Å². The molecule has 0 aromatic carbocycles. The van der Waals surface area contributed by atoms with Gasteiger partial charge in [0.2, 0.25) is 0 Å². The van der Waals surface area contributed by atoms with E-state index in [0.717, 1.165) is 0 Å². The highest BCUT2D eigenvalue weighted by Crippen LogP contribution is 2.24. The third-order valence-electron chi connectivity index (χ3n) is 1.93. The van der Waals surface area contributed by atoms with Crippen LogP contribution in [0.2, 0.25) is 0 Å². The van der Waals surface area contributed by atoms with Crippen molar-refractivity contribution in [3.63, 3.8) is 0 Å². The van der Waals surface area contributed by atoms with Crippen molar-refractivity contribution in [1.82, 2.24) is 4.98 Å². The van der Waals surface area contributed by atoms with Crippen LogP contribution in [0.5, 0.6) is 0 Å². The minimum atomic E-state index is -2.66. The number of aryl methyl sites for hydroxylation is 1. The first-order valence-electron chi connectivity index (χ1n) is 4.04. The number of halogens is 3. The topological polar surface area (TPSA) is 33.1 Å². The Hall–Kier alpha value is -0.740. The predicted molar refractivity (Wildman–Crippen MR) is 49.4 cm³/mol. The molecule has 0 spiro atoms. The van der Waals surface area contributed by atoms with E-state index in [1.54, 1.807) is 6.92 Å². The third kappa shape index (κ3) is 2.19. The lowest BCUT2D eigenvalue weighted by molar-refractivity contribution is 0.144. The molecule has 1 N–H and O–H groups in total. The molecular weight excluding hydrogens is 212 g/mol. The lowest BCUT2D eigenvalue weighted by atomic mass is 10.1. The summed E-state index contributed by atoms with van der Waals surface area (Å²) in [5.41, 5.74) is 0.924. The van der Waals surface area contributed by atoms with Gasteiger partial charge in [0.05, 0.1) is 12.3 Å². The molecule has 2 nitrogen and oxygen atoms in total. The number of aromatic nitrogens is 1. The molecule has 0 aliphatic rings. The Kier molecular flexibility index (Phi) is 3.77. The molecule has 0 saturated heterocycles. The highest BCUT2D eigenvalue weighted by atomic mass is 35.5. The monoisotopic (exact) mass is 221 g/mol. The minimum Gasteiger partial charge on any atom is -0.390 e. The summed E-state index contributed by atoms with van der Waals surface area (Å²) in [5, 5.41) is 8.85. The van der Waals surface area contributed by atoms with Crippen molar-refractivity contribution >= 4 is 11.6 Å². The number of rotatable bonds is 3. The van der Waals surface area contributed by atoms with Crippen LogP contribution in [0.25, 0.3) is 0 Å². The summed E-state index contributed by atoms with van der Waals surface area (Å²) >= 11 is 5.51. The Balaban J connectivity index is 3.25. The van der Waals surface area contributed by atoms with Crippen LogP contribution in [-0.4, -0.2) is 10.1 Å². The molecule has 14 heavy (non-hydrogen) atoms. The molecule has 0 radical (unpaired) electrons. The van der Waals surface area contributed by atoms with Gasteiger partial charge in [-0.05, 0) is 18.1 Å². The van der Waals surface area contributed by atoms with Crippen LogP contribution in [-0.2, 0) is 12.5 Å². The fraction of sp³-hybridized carbons (Fsp3) is 0.444. The maximum Gasteiger partial charge on any atom is 0.280 e. The summed E-state index contributed by atoms with van der Waals surface area (Å²) < 4.78 is 24.9. The maximum absolute atomic E-state index is 12.5. The van der Waals surface area contributed by atoms with Crippen LogP contribution in [0.4, 0.5) is 8.78 Å².